The number of alkyl halides is 2. The fourth-order valence-electron chi connectivity index (χ4n) is 2.50. The molecule has 0 unspecified atom stereocenters. The second kappa shape index (κ2) is 11.0. The van der Waals surface area contributed by atoms with Crippen LogP contribution in [0.4, 0.5) is 8.78 Å². The van der Waals surface area contributed by atoms with E-state index in [0.29, 0.717) is 24.6 Å². The van der Waals surface area contributed by atoms with Crippen molar-refractivity contribution in [3.8, 4) is 5.75 Å². The van der Waals surface area contributed by atoms with Crippen LogP contribution in [0.3, 0.4) is 0 Å². The number of hydrogen-bond donors (Lipinski definition) is 2. The van der Waals surface area contributed by atoms with E-state index in [9.17, 15) is 17.2 Å². The first-order valence-corrected chi connectivity index (χ1v) is 10.3. The Morgan fingerprint density at radius 3 is 2.48 bits per heavy atom. The number of rotatable bonds is 10. The highest BCUT2D eigenvalue weighted by Gasteiger charge is 2.18. The lowest BCUT2D eigenvalue weighted by Crippen LogP contribution is -2.41. The molecule has 0 radical (unpaired) electrons. The summed E-state index contributed by atoms with van der Waals surface area (Å²) < 4.78 is 55.3. The Bertz CT molecular complexity index is 723. The van der Waals surface area contributed by atoms with Crippen LogP contribution in [-0.2, 0) is 16.6 Å². The van der Waals surface area contributed by atoms with Crippen LogP contribution in [0.1, 0.15) is 25.0 Å². The molecular weight excluding hydrogens is 378 g/mol. The molecule has 1 aromatic carbocycles. The fraction of sp³-hybridized carbons (Fsp3) is 0.588. The van der Waals surface area contributed by atoms with Crippen molar-refractivity contribution in [3.63, 3.8) is 0 Å². The molecule has 0 spiro atoms. The molecule has 0 aliphatic rings. The average molecular weight is 406 g/mol. The molecule has 0 aliphatic carbocycles. The summed E-state index contributed by atoms with van der Waals surface area (Å²) >= 11 is 0. The van der Waals surface area contributed by atoms with Gasteiger partial charge in [-0.3, -0.25) is 4.99 Å². The maximum atomic E-state index is 12.5. The van der Waals surface area contributed by atoms with Crippen LogP contribution in [0.2, 0.25) is 0 Å². The van der Waals surface area contributed by atoms with Crippen LogP contribution in [0.25, 0.3) is 0 Å². The second-order valence-electron chi connectivity index (χ2n) is 5.74. The summed E-state index contributed by atoms with van der Waals surface area (Å²) in [5.41, 5.74) is 1.45. The van der Waals surface area contributed by atoms with E-state index in [2.05, 4.69) is 20.4 Å². The normalized spacial score (nSPS) is 12.5. The third kappa shape index (κ3) is 7.67. The number of benzene rings is 1. The van der Waals surface area contributed by atoms with Gasteiger partial charge in [0.15, 0.2) is 5.96 Å². The topological polar surface area (TPSA) is 83.0 Å². The van der Waals surface area contributed by atoms with Gasteiger partial charge in [0.1, 0.15) is 5.75 Å². The molecule has 0 aliphatic heterocycles. The smallest absolute Gasteiger partial charge is 0.387 e. The van der Waals surface area contributed by atoms with Crippen LogP contribution in [0.15, 0.2) is 23.2 Å². The van der Waals surface area contributed by atoms with Crippen molar-refractivity contribution in [2.45, 2.75) is 33.9 Å². The maximum Gasteiger partial charge on any atom is 0.387 e. The largest absolute Gasteiger partial charge is 0.434 e. The first-order valence-electron chi connectivity index (χ1n) is 8.70. The van der Waals surface area contributed by atoms with Crippen LogP contribution >= 0.6 is 0 Å². The molecule has 0 aromatic heterocycles. The number of aliphatic imine (C=N–C) groups is 1. The molecule has 0 amide bonds. The molecule has 0 atom stereocenters. The van der Waals surface area contributed by atoms with Crippen molar-refractivity contribution < 1.29 is 21.9 Å². The minimum absolute atomic E-state index is 0.0699. The zero-order chi connectivity index (χ0) is 20.4. The number of hydrogen-bond acceptors (Lipinski definition) is 4. The van der Waals surface area contributed by atoms with E-state index in [-0.39, 0.29) is 24.6 Å². The summed E-state index contributed by atoms with van der Waals surface area (Å²) in [4.78, 5) is 4.02. The van der Waals surface area contributed by atoms with Crippen molar-refractivity contribution >= 4 is 16.0 Å². The molecule has 1 rings (SSSR count). The van der Waals surface area contributed by atoms with Gasteiger partial charge in [0.2, 0.25) is 10.0 Å². The fourth-order valence-corrected chi connectivity index (χ4v) is 3.91. The minimum Gasteiger partial charge on any atom is -0.434 e. The zero-order valence-corrected chi connectivity index (χ0v) is 16.9. The Morgan fingerprint density at radius 1 is 1.26 bits per heavy atom. The maximum absolute atomic E-state index is 12.5. The Labute approximate surface area is 159 Å². The van der Waals surface area contributed by atoms with Gasteiger partial charge in [-0.1, -0.05) is 31.5 Å². The standard InChI is InChI=1S/C17H28F2N4O3S/c1-5-23(6-2)27(24,25)10-9-21-17(20-4)22-12-14-11-13(3)7-8-15(14)26-16(18)19/h7-8,11,16H,5-6,9-10,12H2,1-4H3,(H2,20,21,22). The van der Waals surface area contributed by atoms with Gasteiger partial charge in [-0.15, -0.1) is 0 Å². The molecule has 1 aromatic rings. The molecule has 7 nitrogen and oxygen atoms in total. The van der Waals surface area contributed by atoms with Gasteiger partial charge in [-0.25, -0.2) is 12.7 Å². The average Bonchev–Trinajstić information content (AvgIpc) is 2.60. The Kier molecular flexibility index (Phi) is 9.44. The van der Waals surface area contributed by atoms with Gasteiger partial charge in [-0.05, 0) is 13.0 Å². The predicted octanol–water partition coefficient (Wildman–Crippen LogP) is 1.93. The van der Waals surface area contributed by atoms with E-state index in [1.165, 1.54) is 10.4 Å². The minimum atomic E-state index is -3.33. The highest BCUT2D eigenvalue weighted by molar-refractivity contribution is 7.89. The molecule has 2 N–H and O–H groups in total. The first-order chi connectivity index (χ1) is 12.7. The van der Waals surface area contributed by atoms with Gasteiger partial charge in [-0.2, -0.15) is 8.78 Å². The molecule has 0 heterocycles. The van der Waals surface area contributed by atoms with Gasteiger partial charge in [0, 0.05) is 38.8 Å². The number of nitrogens with zero attached hydrogens (tertiary/aromatic N) is 2. The van der Waals surface area contributed by atoms with Crippen LogP contribution in [0, 0.1) is 6.92 Å². The Morgan fingerprint density at radius 2 is 1.93 bits per heavy atom. The molecule has 154 valence electrons. The van der Waals surface area contributed by atoms with E-state index < -0.39 is 16.6 Å². The van der Waals surface area contributed by atoms with Crippen LogP contribution in [0.5, 0.6) is 5.75 Å². The zero-order valence-electron chi connectivity index (χ0n) is 16.1. The monoisotopic (exact) mass is 406 g/mol. The predicted molar refractivity (Wildman–Crippen MR) is 103 cm³/mol. The quantitative estimate of drug-likeness (QED) is 0.458. The number of nitrogens with one attached hydrogen (secondary N) is 2. The molecule has 0 saturated carbocycles. The molecule has 0 saturated heterocycles. The van der Waals surface area contributed by atoms with Gasteiger partial charge < -0.3 is 15.4 Å². The van der Waals surface area contributed by atoms with Crippen molar-refractivity contribution in [2.75, 3.05) is 32.4 Å². The lowest BCUT2D eigenvalue weighted by Gasteiger charge is -2.19. The number of halogens is 2. The summed E-state index contributed by atoms with van der Waals surface area (Å²) in [7, 11) is -1.79. The highest BCUT2D eigenvalue weighted by Crippen LogP contribution is 2.21. The van der Waals surface area contributed by atoms with Gasteiger partial charge in [0.05, 0.1) is 5.75 Å². The molecule has 0 fully saturated rings. The third-order valence-electron chi connectivity index (χ3n) is 3.85. The lowest BCUT2D eigenvalue weighted by atomic mass is 10.1. The Hall–Kier alpha value is -1.94. The highest BCUT2D eigenvalue weighted by atomic mass is 32.2. The number of aryl methyl sites for hydroxylation is 1. The molecule has 10 heteroatoms. The summed E-state index contributed by atoms with van der Waals surface area (Å²) in [6.07, 6.45) is 0. The third-order valence-corrected chi connectivity index (χ3v) is 5.88. The second-order valence-corrected chi connectivity index (χ2v) is 7.83. The van der Waals surface area contributed by atoms with Crippen molar-refractivity contribution in [1.82, 2.24) is 14.9 Å². The summed E-state index contributed by atoms with van der Waals surface area (Å²) in [5, 5.41) is 5.89. The van der Waals surface area contributed by atoms with Crippen molar-refractivity contribution in [3.05, 3.63) is 29.3 Å². The van der Waals surface area contributed by atoms with Gasteiger partial charge >= 0.3 is 6.61 Å². The number of sulfonamides is 1. The molecular formula is C17H28F2N4O3S. The van der Waals surface area contributed by atoms with Crippen LogP contribution < -0.4 is 15.4 Å². The van der Waals surface area contributed by atoms with Crippen LogP contribution in [-0.4, -0.2) is 57.7 Å². The summed E-state index contributed by atoms with van der Waals surface area (Å²) in [6, 6.07) is 4.92. The van der Waals surface area contributed by atoms with E-state index in [1.807, 2.05) is 6.92 Å². The SMILES string of the molecule is CCN(CC)S(=O)(=O)CCNC(=NC)NCc1cc(C)ccc1OC(F)F. The molecule has 0 bridgehead atoms. The summed E-state index contributed by atoms with van der Waals surface area (Å²) in [6.45, 7) is 3.73. The van der Waals surface area contributed by atoms with E-state index in [4.69, 9.17) is 0 Å². The lowest BCUT2D eigenvalue weighted by molar-refractivity contribution is -0.0504. The first kappa shape index (κ1) is 23.1. The van der Waals surface area contributed by atoms with Gasteiger partial charge in [0.25, 0.3) is 0 Å². The molecule has 27 heavy (non-hydrogen) atoms. The number of guanidine groups is 1. The van der Waals surface area contributed by atoms with Crippen molar-refractivity contribution in [1.29, 1.82) is 0 Å². The summed E-state index contributed by atoms with van der Waals surface area (Å²) in [5.74, 6) is 0.386. The van der Waals surface area contributed by atoms with Crippen molar-refractivity contribution in [2.24, 2.45) is 4.99 Å². The van der Waals surface area contributed by atoms with E-state index in [1.54, 1.807) is 33.0 Å². The van der Waals surface area contributed by atoms with E-state index in [0.717, 1.165) is 5.56 Å². The number of ether oxygens (including phenoxy) is 1. The Balaban J connectivity index is 2.65. The van der Waals surface area contributed by atoms with E-state index >= 15 is 0 Å².